The highest BCUT2D eigenvalue weighted by Gasteiger charge is 2.48. The fraction of sp³-hybridized carbons (Fsp3) is 0.0667. The number of hydrogen-bond acceptors (Lipinski definition) is 1. The molecule has 9 aromatic carbocycles. The van der Waals surface area contributed by atoms with Gasteiger partial charge in [-0.3, -0.25) is 0 Å². The van der Waals surface area contributed by atoms with E-state index in [9.17, 15) is 0 Å². The molecule has 0 saturated heterocycles. The molecule has 0 bridgehead atoms. The molecule has 3 aliphatic carbocycles. The summed E-state index contributed by atoms with van der Waals surface area (Å²) in [5, 5.41) is 0. The van der Waals surface area contributed by atoms with Crippen LogP contribution in [0, 0.1) is 0 Å². The SMILES string of the molecule is CC1(C)c2ccccc2-c2ccc(N(c3ccc4c(c3)-c3ccccc3C43c4ccccc4C=Cc4ccccc43)c3ccccc3-c3ccc(-c4ccccc4)cc3)cc21. The fourth-order valence-corrected chi connectivity index (χ4v) is 10.9. The molecule has 1 heteroatoms. The van der Waals surface area contributed by atoms with Crippen LogP contribution in [0.2, 0.25) is 0 Å². The lowest BCUT2D eigenvalue weighted by atomic mass is 9.66. The molecule has 0 radical (unpaired) electrons. The van der Waals surface area contributed by atoms with Crippen LogP contribution in [0.15, 0.2) is 212 Å². The van der Waals surface area contributed by atoms with Crippen molar-refractivity contribution in [1.82, 2.24) is 0 Å². The number of hydrogen-bond donors (Lipinski definition) is 0. The molecule has 0 unspecified atom stereocenters. The Morgan fingerprint density at radius 2 is 0.787 bits per heavy atom. The monoisotopic (exact) mass is 777 g/mol. The number of benzene rings is 9. The third kappa shape index (κ3) is 5.20. The van der Waals surface area contributed by atoms with Gasteiger partial charge in [-0.15, -0.1) is 0 Å². The summed E-state index contributed by atoms with van der Waals surface area (Å²) in [6.07, 6.45) is 4.60. The first-order valence-electron chi connectivity index (χ1n) is 21.4. The molecule has 0 aromatic heterocycles. The van der Waals surface area contributed by atoms with E-state index < -0.39 is 5.41 Å². The fourth-order valence-electron chi connectivity index (χ4n) is 10.9. The lowest BCUT2D eigenvalue weighted by molar-refractivity contribution is 0.660. The second-order valence-electron chi connectivity index (χ2n) is 17.2. The molecule has 0 N–H and O–H groups in total. The topological polar surface area (TPSA) is 3.24 Å². The Morgan fingerprint density at radius 1 is 0.311 bits per heavy atom. The highest BCUT2D eigenvalue weighted by Crippen LogP contribution is 2.60. The molecule has 1 spiro atoms. The Bertz CT molecular complexity index is 3170. The maximum Gasteiger partial charge on any atom is 0.0725 e. The molecular formula is C60H43N. The number of anilines is 3. The second kappa shape index (κ2) is 13.5. The maximum absolute atomic E-state index is 2.50. The number of nitrogens with zero attached hydrogens (tertiary/aromatic N) is 1. The molecule has 0 aliphatic heterocycles. The number of para-hydroxylation sites is 1. The zero-order valence-electron chi connectivity index (χ0n) is 34.3. The van der Waals surface area contributed by atoms with Crippen LogP contribution in [0.5, 0.6) is 0 Å². The van der Waals surface area contributed by atoms with Crippen LogP contribution in [0.25, 0.3) is 56.7 Å². The van der Waals surface area contributed by atoms with Crippen molar-refractivity contribution in [3.63, 3.8) is 0 Å². The number of fused-ring (bicyclic) bond motifs is 12. The van der Waals surface area contributed by atoms with Crippen LogP contribution in [-0.4, -0.2) is 0 Å². The highest BCUT2D eigenvalue weighted by atomic mass is 15.1. The summed E-state index contributed by atoms with van der Waals surface area (Å²) in [6, 6.07) is 79.0. The van der Waals surface area contributed by atoms with Crippen molar-refractivity contribution in [1.29, 1.82) is 0 Å². The van der Waals surface area contributed by atoms with Gasteiger partial charge in [-0.25, -0.2) is 0 Å². The molecule has 61 heavy (non-hydrogen) atoms. The van der Waals surface area contributed by atoms with Crippen molar-refractivity contribution in [2.24, 2.45) is 0 Å². The van der Waals surface area contributed by atoms with Crippen LogP contribution in [0.4, 0.5) is 17.1 Å². The zero-order chi connectivity index (χ0) is 40.7. The summed E-state index contributed by atoms with van der Waals surface area (Å²) < 4.78 is 0. The van der Waals surface area contributed by atoms with Gasteiger partial charge in [0, 0.05) is 22.4 Å². The van der Waals surface area contributed by atoms with Crippen molar-refractivity contribution in [3.8, 4) is 44.5 Å². The Hall–Kier alpha value is -7.48. The molecule has 1 nitrogen and oxygen atoms in total. The third-order valence-corrected chi connectivity index (χ3v) is 13.7. The summed E-state index contributed by atoms with van der Waals surface area (Å²) in [5.41, 5.74) is 23.3. The average Bonchev–Trinajstić information content (AvgIpc) is 3.67. The van der Waals surface area contributed by atoms with E-state index >= 15 is 0 Å². The predicted molar refractivity (Wildman–Crippen MR) is 256 cm³/mol. The second-order valence-corrected chi connectivity index (χ2v) is 17.2. The molecule has 3 aliphatic rings. The first-order chi connectivity index (χ1) is 30.0. The minimum atomic E-state index is -0.478. The lowest BCUT2D eigenvalue weighted by Crippen LogP contribution is -2.29. The van der Waals surface area contributed by atoms with Gasteiger partial charge in [-0.1, -0.05) is 208 Å². The first kappa shape index (κ1) is 35.5. The van der Waals surface area contributed by atoms with Crippen LogP contribution in [-0.2, 0) is 10.8 Å². The smallest absolute Gasteiger partial charge is 0.0725 e. The largest absolute Gasteiger partial charge is 0.310 e. The van der Waals surface area contributed by atoms with E-state index in [2.05, 4.69) is 243 Å². The van der Waals surface area contributed by atoms with Gasteiger partial charge in [0.15, 0.2) is 0 Å². The Balaban J connectivity index is 1.09. The van der Waals surface area contributed by atoms with Gasteiger partial charge in [0.2, 0.25) is 0 Å². The van der Waals surface area contributed by atoms with E-state index in [4.69, 9.17) is 0 Å². The van der Waals surface area contributed by atoms with Crippen molar-refractivity contribution >= 4 is 29.2 Å². The summed E-state index contributed by atoms with van der Waals surface area (Å²) >= 11 is 0. The van der Waals surface area contributed by atoms with Crippen LogP contribution in [0.1, 0.15) is 58.4 Å². The molecule has 12 rings (SSSR count). The summed E-state index contributed by atoms with van der Waals surface area (Å²) in [6.45, 7) is 4.74. The van der Waals surface area contributed by atoms with Gasteiger partial charge in [0.05, 0.1) is 11.1 Å². The molecule has 288 valence electrons. The third-order valence-electron chi connectivity index (χ3n) is 13.7. The van der Waals surface area contributed by atoms with Crippen LogP contribution >= 0.6 is 0 Å². The first-order valence-corrected chi connectivity index (χ1v) is 21.4. The minimum absolute atomic E-state index is 0.141. The van der Waals surface area contributed by atoms with Crippen molar-refractivity contribution < 1.29 is 0 Å². The molecule has 0 atom stereocenters. The van der Waals surface area contributed by atoms with Crippen molar-refractivity contribution in [2.75, 3.05) is 4.90 Å². The Morgan fingerprint density at radius 3 is 1.49 bits per heavy atom. The molecular weight excluding hydrogens is 735 g/mol. The molecule has 0 saturated carbocycles. The van der Waals surface area contributed by atoms with Crippen LogP contribution in [0.3, 0.4) is 0 Å². The lowest BCUT2D eigenvalue weighted by Gasteiger charge is -2.35. The van der Waals surface area contributed by atoms with Gasteiger partial charge in [0.1, 0.15) is 0 Å². The summed E-state index contributed by atoms with van der Waals surface area (Å²) in [5.74, 6) is 0. The van der Waals surface area contributed by atoms with E-state index in [1.807, 2.05) is 0 Å². The van der Waals surface area contributed by atoms with Gasteiger partial charge in [-0.05, 0) is 114 Å². The summed E-state index contributed by atoms with van der Waals surface area (Å²) in [7, 11) is 0. The van der Waals surface area contributed by atoms with Crippen molar-refractivity contribution in [3.05, 3.63) is 257 Å². The minimum Gasteiger partial charge on any atom is -0.310 e. The van der Waals surface area contributed by atoms with Gasteiger partial charge < -0.3 is 4.90 Å². The Kier molecular flexibility index (Phi) is 7.86. The maximum atomic E-state index is 2.50. The molecule has 0 amide bonds. The molecule has 0 heterocycles. The average molecular weight is 778 g/mol. The van der Waals surface area contributed by atoms with E-state index in [-0.39, 0.29) is 5.41 Å². The standard InChI is InChI=1S/C60H43N/c1-59(2)54-25-13-8-21-48(54)50-36-34-46(39-57(50)59)61(58-27-15-10-20-47(58)42-30-28-41(29-31-42)40-16-4-3-5-17-40)45-35-37-56-51(38-45)49-22-9-14-26-55(49)60(56)52-23-11-6-18-43(52)32-33-44-19-7-12-24-53(44)60/h3-39H,1-2H3. The van der Waals surface area contributed by atoms with Gasteiger partial charge in [-0.2, -0.15) is 0 Å². The summed E-state index contributed by atoms with van der Waals surface area (Å²) in [4.78, 5) is 2.50. The molecule has 9 aromatic rings. The quantitative estimate of drug-likeness (QED) is 0.168. The molecule has 0 fully saturated rings. The zero-order valence-corrected chi connectivity index (χ0v) is 34.3. The highest BCUT2D eigenvalue weighted by molar-refractivity contribution is 5.96. The van der Waals surface area contributed by atoms with Gasteiger partial charge in [0.25, 0.3) is 0 Å². The number of rotatable bonds is 5. The normalized spacial score (nSPS) is 14.3. The van der Waals surface area contributed by atoms with E-state index in [1.54, 1.807) is 0 Å². The van der Waals surface area contributed by atoms with E-state index in [1.165, 1.54) is 89.0 Å². The van der Waals surface area contributed by atoms with Crippen molar-refractivity contribution in [2.45, 2.75) is 24.7 Å². The Labute approximate surface area is 358 Å². The van der Waals surface area contributed by atoms with Crippen LogP contribution < -0.4 is 4.90 Å². The van der Waals surface area contributed by atoms with Gasteiger partial charge >= 0.3 is 0 Å². The van der Waals surface area contributed by atoms with E-state index in [0.29, 0.717) is 0 Å². The predicted octanol–water partition coefficient (Wildman–Crippen LogP) is 15.6. The van der Waals surface area contributed by atoms with E-state index in [0.717, 1.165) is 17.1 Å².